The molecular weight excluding hydrogens is 275 g/mol. The molecule has 1 atom stereocenters. The van der Waals surface area contributed by atoms with Gasteiger partial charge < -0.3 is 14.6 Å². The highest BCUT2D eigenvalue weighted by atomic mass is 19.1. The number of amides is 1. The number of nitrogens with zero attached hydrogens (tertiary/aromatic N) is 1. The molecule has 6 heteroatoms. The lowest BCUT2D eigenvalue weighted by molar-refractivity contribution is 0.0614. The second-order valence-electron chi connectivity index (χ2n) is 5.66. The molecule has 1 aromatic carbocycles. The first-order valence-electron chi connectivity index (χ1n) is 6.64. The van der Waals surface area contributed by atoms with Crippen LogP contribution in [0.25, 0.3) is 0 Å². The Morgan fingerprint density at radius 2 is 2.24 bits per heavy atom. The third-order valence-corrected chi connectivity index (χ3v) is 3.41. The number of aromatic nitrogens is 1. The molecule has 0 unspecified atom stereocenters. The lowest BCUT2D eigenvalue weighted by atomic mass is 9.89. The van der Waals surface area contributed by atoms with E-state index in [1.54, 1.807) is 6.07 Å². The Hall–Kier alpha value is -2.37. The number of benzene rings is 1. The van der Waals surface area contributed by atoms with E-state index in [4.69, 9.17) is 4.74 Å². The second-order valence-corrected chi connectivity index (χ2v) is 5.66. The predicted octanol–water partition coefficient (Wildman–Crippen LogP) is 2.85. The van der Waals surface area contributed by atoms with Gasteiger partial charge in [-0.25, -0.2) is 4.39 Å². The zero-order valence-corrected chi connectivity index (χ0v) is 11.7. The average Bonchev–Trinajstić information content (AvgIpc) is 2.90. The third kappa shape index (κ3) is 2.74. The Morgan fingerprint density at radius 3 is 2.95 bits per heavy atom. The predicted molar refractivity (Wildman–Crippen MR) is 72.4 cm³/mol. The fourth-order valence-corrected chi connectivity index (χ4v) is 2.52. The number of rotatable bonds is 2. The number of fused-ring (bicyclic) bond motifs is 1. The molecule has 2 aromatic rings. The standard InChI is InChI=1S/C15H15FN2O3/c1-15(2)8-12(17-14(19)11-5-6-20-18-11)10-4-3-9(16)7-13(10)21-15/h3-7,12H,8H2,1-2H3,(H,17,19)/t12-/m1/s1. The van der Waals surface area contributed by atoms with Crippen molar-refractivity contribution in [3.63, 3.8) is 0 Å². The van der Waals surface area contributed by atoms with Gasteiger partial charge in [0.2, 0.25) is 0 Å². The van der Waals surface area contributed by atoms with E-state index in [1.165, 1.54) is 24.5 Å². The summed E-state index contributed by atoms with van der Waals surface area (Å²) >= 11 is 0. The number of nitrogens with one attached hydrogen (secondary N) is 1. The molecule has 3 rings (SSSR count). The van der Waals surface area contributed by atoms with Gasteiger partial charge in [-0.3, -0.25) is 4.79 Å². The normalized spacial score (nSPS) is 19.5. The zero-order chi connectivity index (χ0) is 15.0. The fourth-order valence-electron chi connectivity index (χ4n) is 2.52. The van der Waals surface area contributed by atoms with Gasteiger partial charge in [0.05, 0.1) is 6.04 Å². The van der Waals surface area contributed by atoms with Crippen LogP contribution < -0.4 is 10.1 Å². The number of carbonyl (C=O) groups excluding carboxylic acids is 1. The van der Waals surface area contributed by atoms with Crippen molar-refractivity contribution >= 4 is 5.91 Å². The van der Waals surface area contributed by atoms with Gasteiger partial charge in [0.15, 0.2) is 5.69 Å². The molecule has 1 aliphatic heterocycles. The van der Waals surface area contributed by atoms with E-state index < -0.39 is 5.60 Å². The van der Waals surface area contributed by atoms with E-state index in [9.17, 15) is 9.18 Å². The Bertz CT molecular complexity index is 668. The summed E-state index contributed by atoms with van der Waals surface area (Å²) < 4.78 is 23.8. The molecule has 0 bridgehead atoms. The van der Waals surface area contributed by atoms with E-state index in [-0.39, 0.29) is 23.5 Å². The zero-order valence-electron chi connectivity index (χ0n) is 11.7. The Balaban J connectivity index is 1.90. The number of hydrogen-bond acceptors (Lipinski definition) is 4. The minimum atomic E-state index is -0.497. The number of ether oxygens (including phenoxy) is 1. The van der Waals surface area contributed by atoms with Crippen LogP contribution in [0.1, 0.15) is 42.4 Å². The molecule has 110 valence electrons. The molecule has 21 heavy (non-hydrogen) atoms. The van der Waals surface area contributed by atoms with Gasteiger partial charge in [-0.05, 0) is 19.9 Å². The first kappa shape index (κ1) is 13.6. The van der Waals surface area contributed by atoms with Crippen molar-refractivity contribution in [2.75, 3.05) is 0 Å². The lowest BCUT2D eigenvalue weighted by Gasteiger charge is -2.37. The largest absolute Gasteiger partial charge is 0.487 e. The van der Waals surface area contributed by atoms with Gasteiger partial charge in [-0.1, -0.05) is 11.2 Å². The van der Waals surface area contributed by atoms with E-state index >= 15 is 0 Å². The molecule has 0 saturated carbocycles. The smallest absolute Gasteiger partial charge is 0.273 e. The van der Waals surface area contributed by atoms with Gasteiger partial charge in [0.25, 0.3) is 5.91 Å². The summed E-state index contributed by atoms with van der Waals surface area (Å²) in [6.45, 7) is 3.80. The Labute approximate surface area is 121 Å². The van der Waals surface area contributed by atoms with E-state index in [0.717, 1.165) is 5.56 Å². The van der Waals surface area contributed by atoms with Gasteiger partial charge in [0, 0.05) is 24.1 Å². The second kappa shape index (κ2) is 4.87. The average molecular weight is 290 g/mol. The first-order chi connectivity index (χ1) is 9.94. The summed E-state index contributed by atoms with van der Waals surface area (Å²) in [6.07, 6.45) is 1.92. The van der Waals surface area contributed by atoms with Crippen molar-refractivity contribution in [3.8, 4) is 5.75 Å². The molecule has 1 amide bonds. The van der Waals surface area contributed by atoms with Crippen LogP contribution in [0.3, 0.4) is 0 Å². The molecule has 1 N–H and O–H groups in total. The van der Waals surface area contributed by atoms with Crippen LogP contribution in [0.15, 0.2) is 35.1 Å². The molecular formula is C15H15FN2O3. The maximum atomic E-state index is 13.4. The van der Waals surface area contributed by atoms with E-state index in [0.29, 0.717) is 12.2 Å². The number of hydrogen-bond donors (Lipinski definition) is 1. The van der Waals surface area contributed by atoms with E-state index in [1.807, 2.05) is 13.8 Å². The van der Waals surface area contributed by atoms with Crippen molar-refractivity contribution < 1.29 is 18.4 Å². The van der Waals surface area contributed by atoms with Crippen molar-refractivity contribution in [2.45, 2.75) is 31.9 Å². The summed E-state index contributed by atoms with van der Waals surface area (Å²) in [5.41, 5.74) is 0.471. The van der Waals surface area contributed by atoms with Crippen LogP contribution in [0, 0.1) is 5.82 Å². The quantitative estimate of drug-likeness (QED) is 0.923. The van der Waals surface area contributed by atoms with Crippen LogP contribution >= 0.6 is 0 Å². The molecule has 1 aliphatic rings. The molecule has 0 aliphatic carbocycles. The summed E-state index contributed by atoms with van der Waals surface area (Å²) in [6, 6.07) is 5.55. The lowest BCUT2D eigenvalue weighted by Crippen LogP contribution is -2.41. The highest BCUT2D eigenvalue weighted by molar-refractivity contribution is 5.92. The number of halogens is 1. The van der Waals surface area contributed by atoms with Crippen molar-refractivity contribution in [1.29, 1.82) is 0 Å². The number of carbonyl (C=O) groups is 1. The van der Waals surface area contributed by atoms with Crippen LogP contribution in [-0.4, -0.2) is 16.7 Å². The first-order valence-corrected chi connectivity index (χ1v) is 6.64. The molecule has 5 nitrogen and oxygen atoms in total. The fraction of sp³-hybridized carbons (Fsp3) is 0.333. The van der Waals surface area contributed by atoms with Crippen molar-refractivity contribution in [3.05, 3.63) is 47.6 Å². The molecule has 2 heterocycles. The van der Waals surface area contributed by atoms with Crippen molar-refractivity contribution in [1.82, 2.24) is 10.5 Å². The summed E-state index contributed by atoms with van der Waals surface area (Å²) in [7, 11) is 0. The van der Waals surface area contributed by atoms with Crippen LogP contribution in [0.4, 0.5) is 4.39 Å². The Morgan fingerprint density at radius 1 is 1.43 bits per heavy atom. The van der Waals surface area contributed by atoms with Gasteiger partial charge in [-0.15, -0.1) is 0 Å². The highest BCUT2D eigenvalue weighted by Gasteiger charge is 2.35. The topological polar surface area (TPSA) is 64.4 Å². The van der Waals surface area contributed by atoms with Crippen LogP contribution in [-0.2, 0) is 0 Å². The molecule has 0 saturated heterocycles. The molecule has 0 fully saturated rings. The molecule has 0 spiro atoms. The highest BCUT2D eigenvalue weighted by Crippen LogP contribution is 2.39. The maximum Gasteiger partial charge on any atom is 0.273 e. The minimum absolute atomic E-state index is 0.211. The molecule has 0 radical (unpaired) electrons. The summed E-state index contributed by atoms with van der Waals surface area (Å²) in [5, 5.41) is 6.50. The van der Waals surface area contributed by atoms with Crippen LogP contribution in [0.2, 0.25) is 0 Å². The summed E-state index contributed by atoms with van der Waals surface area (Å²) in [5.74, 6) is -0.244. The van der Waals surface area contributed by atoms with Gasteiger partial charge in [0.1, 0.15) is 23.4 Å². The Kier molecular flexibility index (Phi) is 3.16. The molecule has 1 aromatic heterocycles. The van der Waals surface area contributed by atoms with Crippen LogP contribution in [0.5, 0.6) is 5.75 Å². The summed E-state index contributed by atoms with van der Waals surface area (Å²) in [4.78, 5) is 12.1. The monoisotopic (exact) mass is 290 g/mol. The third-order valence-electron chi connectivity index (χ3n) is 3.41. The SMILES string of the molecule is CC1(C)C[C@@H](NC(=O)c2ccon2)c2ccc(F)cc2O1. The van der Waals surface area contributed by atoms with E-state index in [2.05, 4.69) is 15.0 Å². The van der Waals surface area contributed by atoms with Crippen molar-refractivity contribution in [2.24, 2.45) is 0 Å². The van der Waals surface area contributed by atoms with Gasteiger partial charge >= 0.3 is 0 Å². The minimum Gasteiger partial charge on any atom is -0.487 e. The van der Waals surface area contributed by atoms with Gasteiger partial charge in [-0.2, -0.15) is 0 Å². The maximum absolute atomic E-state index is 13.4.